The highest BCUT2D eigenvalue weighted by Crippen LogP contribution is 2.30. The molecule has 98 valence electrons. The van der Waals surface area contributed by atoms with Crippen LogP contribution in [0.5, 0.6) is 0 Å². The SMILES string of the molecule is CC(Sc1ccccc1Cl)C(=O)Nc1ccncc1. The van der Waals surface area contributed by atoms with E-state index < -0.39 is 0 Å². The molecule has 0 radical (unpaired) electrons. The third-order valence-electron chi connectivity index (χ3n) is 2.46. The predicted octanol–water partition coefficient (Wildman–Crippen LogP) is 3.85. The number of carbonyl (C=O) groups is 1. The van der Waals surface area contributed by atoms with Gasteiger partial charge in [-0.3, -0.25) is 9.78 Å². The van der Waals surface area contributed by atoms with Crippen molar-refractivity contribution in [2.24, 2.45) is 0 Å². The molecule has 0 aliphatic heterocycles. The first-order valence-corrected chi connectivity index (χ1v) is 7.04. The lowest BCUT2D eigenvalue weighted by Crippen LogP contribution is -2.22. The van der Waals surface area contributed by atoms with Gasteiger partial charge in [0.2, 0.25) is 5.91 Å². The number of hydrogen-bond donors (Lipinski definition) is 1. The van der Waals surface area contributed by atoms with Gasteiger partial charge in [0.25, 0.3) is 0 Å². The molecule has 19 heavy (non-hydrogen) atoms. The highest BCUT2D eigenvalue weighted by molar-refractivity contribution is 8.00. The van der Waals surface area contributed by atoms with Crippen LogP contribution in [-0.2, 0) is 4.79 Å². The number of nitrogens with zero attached hydrogens (tertiary/aromatic N) is 1. The van der Waals surface area contributed by atoms with Crippen LogP contribution < -0.4 is 5.32 Å². The number of nitrogens with one attached hydrogen (secondary N) is 1. The van der Waals surface area contributed by atoms with Gasteiger partial charge >= 0.3 is 0 Å². The van der Waals surface area contributed by atoms with Gasteiger partial charge in [0.05, 0.1) is 10.3 Å². The Labute approximate surface area is 121 Å². The van der Waals surface area contributed by atoms with Gasteiger partial charge in [0, 0.05) is 23.0 Å². The van der Waals surface area contributed by atoms with Crippen LogP contribution in [-0.4, -0.2) is 16.1 Å². The number of amides is 1. The number of thioether (sulfide) groups is 1. The lowest BCUT2D eigenvalue weighted by Gasteiger charge is -2.12. The maximum absolute atomic E-state index is 12.0. The average Bonchev–Trinajstić information content (AvgIpc) is 2.42. The Hall–Kier alpha value is -1.52. The molecule has 1 atom stereocenters. The van der Waals surface area contributed by atoms with E-state index in [9.17, 15) is 4.79 Å². The van der Waals surface area contributed by atoms with Crippen molar-refractivity contribution in [1.29, 1.82) is 0 Å². The molecule has 3 nitrogen and oxygen atoms in total. The highest BCUT2D eigenvalue weighted by atomic mass is 35.5. The first kappa shape index (κ1) is 13.9. The molecule has 1 unspecified atom stereocenters. The van der Waals surface area contributed by atoms with E-state index in [2.05, 4.69) is 10.3 Å². The van der Waals surface area contributed by atoms with E-state index in [0.717, 1.165) is 10.6 Å². The molecule has 0 aliphatic rings. The lowest BCUT2D eigenvalue weighted by atomic mass is 10.3. The second kappa shape index (κ2) is 6.59. The van der Waals surface area contributed by atoms with Crippen molar-refractivity contribution < 1.29 is 4.79 Å². The van der Waals surface area contributed by atoms with Crippen molar-refractivity contribution in [2.75, 3.05) is 5.32 Å². The van der Waals surface area contributed by atoms with Gasteiger partial charge in [-0.2, -0.15) is 0 Å². The fourth-order valence-corrected chi connectivity index (χ4v) is 2.62. The van der Waals surface area contributed by atoms with Gasteiger partial charge in [0.15, 0.2) is 0 Å². The van der Waals surface area contributed by atoms with Crippen molar-refractivity contribution in [3.8, 4) is 0 Å². The Morgan fingerprint density at radius 1 is 1.26 bits per heavy atom. The fraction of sp³-hybridized carbons (Fsp3) is 0.143. The monoisotopic (exact) mass is 292 g/mol. The summed E-state index contributed by atoms with van der Waals surface area (Å²) in [5.41, 5.74) is 0.742. The van der Waals surface area contributed by atoms with Crippen LogP contribution in [0.15, 0.2) is 53.7 Å². The van der Waals surface area contributed by atoms with Gasteiger partial charge in [-0.15, -0.1) is 11.8 Å². The maximum Gasteiger partial charge on any atom is 0.237 e. The first-order valence-electron chi connectivity index (χ1n) is 5.79. The van der Waals surface area contributed by atoms with E-state index in [-0.39, 0.29) is 11.2 Å². The zero-order chi connectivity index (χ0) is 13.7. The second-order valence-corrected chi connectivity index (χ2v) is 5.71. The Bertz CT molecular complexity index is 562. The summed E-state index contributed by atoms with van der Waals surface area (Å²) in [5.74, 6) is -0.0591. The predicted molar refractivity (Wildman–Crippen MR) is 79.6 cm³/mol. The number of carbonyl (C=O) groups excluding carboxylic acids is 1. The molecule has 2 aromatic rings. The van der Waals surface area contributed by atoms with E-state index in [0.29, 0.717) is 5.02 Å². The van der Waals surface area contributed by atoms with Crippen LogP contribution in [0.4, 0.5) is 5.69 Å². The number of rotatable bonds is 4. The van der Waals surface area contributed by atoms with Crippen LogP contribution in [0.3, 0.4) is 0 Å². The largest absolute Gasteiger partial charge is 0.325 e. The van der Waals surface area contributed by atoms with Crippen molar-refractivity contribution in [2.45, 2.75) is 17.1 Å². The standard InChI is InChI=1S/C14H13ClN2OS/c1-10(19-13-5-3-2-4-12(13)15)14(18)17-11-6-8-16-9-7-11/h2-10H,1H3,(H,16,17,18). The molecule has 1 aromatic carbocycles. The molecule has 5 heteroatoms. The Kier molecular flexibility index (Phi) is 4.82. The number of pyridine rings is 1. The minimum Gasteiger partial charge on any atom is -0.325 e. The number of hydrogen-bond acceptors (Lipinski definition) is 3. The third-order valence-corrected chi connectivity index (χ3v) is 4.08. The van der Waals surface area contributed by atoms with Crippen molar-refractivity contribution >= 4 is 35.0 Å². The van der Waals surface area contributed by atoms with Crippen molar-refractivity contribution in [3.05, 3.63) is 53.8 Å². The summed E-state index contributed by atoms with van der Waals surface area (Å²) >= 11 is 7.51. The summed E-state index contributed by atoms with van der Waals surface area (Å²) in [6.45, 7) is 1.85. The van der Waals surface area contributed by atoms with Crippen LogP contribution in [0.25, 0.3) is 0 Å². The van der Waals surface area contributed by atoms with Gasteiger partial charge in [-0.1, -0.05) is 23.7 Å². The van der Waals surface area contributed by atoms with E-state index in [1.54, 1.807) is 24.5 Å². The van der Waals surface area contributed by atoms with Crippen LogP contribution >= 0.6 is 23.4 Å². The molecule has 0 aliphatic carbocycles. The minimum atomic E-state index is -0.229. The second-order valence-electron chi connectivity index (χ2n) is 3.92. The maximum atomic E-state index is 12.0. The molecular weight excluding hydrogens is 280 g/mol. The van der Waals surface area contributed by atoms with Crippen molar-refractivity contribution in [1.82, 2.24) is 4.98 Å². The molecule has 0 bridgehead atoms. The van der Waals surface area contributed by atoms with Crippen molar-refractivity contribution in [3.63, 3.8) is 0 Å². The number of aromatic nitrogens is 1. The Morgan fingerprint density at radius 2 is 1.95 bits per heavy atom. The molecule has 1 amide bonds. The first-order chi connectivity index (χ1) is 9.16. The molecular formula is C14H13ClN2OS. The zero-order valence-electron chi connectivity index (χ0n) is 10.3. The van der Waals surface area contributed by atoms with E-state index >= 15 is 0 Å². The normalized spacial score (nSPS) is 11.9. The van der Waals surface area contributed by atoms with E-state index in [1.165, 1.54) is 11.8 Å². The Morgan fingerprint density at radius 3 is 2.63 bits per heavy atom. The smallest absolute Gasteiger partial charge is 0.237 e. The molecule has 0 fully saturated rings. The summed E-state index contributed by atoms with van der Waals surface area (Å²) in [6.07, 6.45) is 3.28. The number of anilines is 1. The van der Waals surface area contributed by atoms with Crippen LogP contribution in [0.1, 0.15) is 6.92 Å². The van der Waals surface area contributed by atoms with Crippen LogP contribution in [0, 0.1) is 0 Å². The van der Waals surface area contributed by atoms with Crippen LogP contribution in [0.2, 0.25) is 5.02 Å². The molecule has 0 spiro atoms. The van der Waals surface area contributed by atoms with Gasteiger partial charge in [-0.25, -0.2) is 0 Å². The van der Waals surface area contributed by atoms with E-state index in [1.807, 2.05) is 31.2 Å². The van der Waals surface area contributed by atoms with Gasteiger partial charge in [-0.05, 0) is 31.2 Å². The topological polar surface area (TPSA) is 42.0 Å². The summed E-state index contributed by atoms with van der Waals surface area (Å²) in [5, 5.41) is 3.27. The summed E-state index contributed by atoms with van der Waals surface area (Å²) in [6, 6.07) is 11.0. The molecule has 0 saturated carbocycles. The van der Waals surface area contributed by atoms with E-state index in [4.69, 9.17) is 11.6 Å². The fourth-order valence-electron chi connectivity index (χ4n) is 1.46. The summed E-state index contributed by atoms with van der Waals surface area (Å²) in [7, 11) is 0. The summed E-state index contributed by atoms with van der Waals surface area (Å²) < 4.78 is 0. The summed E-state index contributed by atoms with van der Waals surface area (Å²) in [4.78, 5) is 16.8. The average molecular weight is 293 g/mol. The lowest BCUT2D eigenvalue weighted by molar-refractivity contribution is -0.115. The molecule has 2 rings (SSSR count). The number of halogens is 1. The third kappa shape index (κ3) is 3.98. The Balaban J connectivity index is 1.98. The number of benzene rings is 1. The molecule has 1 heterocycles. The molecule has 0 saturated heterocycles. The van der Waals surface area contributed by atoms with Gasteiger partial charge in [0.1, 0.15) is 0 Å². The quantitative estimate of drug-likeness (QED) is 0.870. The zero-order valence-corrected chi connectivity index (χ0v) is 11.9. The molecule has 1 N–H and O–H groups in total. The minimum absolute atomic E-state index is 0.0591. The van der Waals surface area contributed by atoms with Gasteiger partial charge < -0.3 is 5.32 Å². The molecule has 1 aromatic heterocycles. The highest BCUT2D eigenvalue weighted by Gasteiger charge is 2.15.